The van der Waals surface area contributed by atoms with Crippen LogP contribution in [0.25, 0.3) is 0 Å². The Balaban J connectivity index is 1.77. The number of sulfonamides is 1. The highest BCUT2D eigenvalue weighted by molar-refractivity contribution is 9.10. The molecule has 31 heavy (non-hydrogen) atoms. The summed E-state index contributed by atoms with van der Waals surface area (Å²) < 4.78 is 34.4. The van der Waals surface area contributed by atoms with Crippen molar-refractivity contribution >= 4 is 37.5 Å². The largest absolute Gasteiger partial charge is 0.494 e. The summed E-state index contributed by atoms with van der Waals surface area (Å²) >= 11 is 3.47. The maximum atomic E-state index is 13.2. The molecule has 0 spiro atoms. The summed E-state index contributed by atoms with van der Waals surface area (Å²) in [5, 5.41) is 3.02. The van der Waals surface area contributed by atoms with E-state index in [2.05, 4.69) is 21.2 Å². The molecule has 2 aromatic rings. The Morgan fingerprint density at radius 2 is 1.84 bits per heavy atom. The van der Waals surface area contributed by atoms with Crippen molar-refractivity contribution in [2.24, 2.45) is 5.92 Å². The molecule has 1 N–H and O–H groups in total. The van der Waals surface area contributed by atoms with Crippen molar-refractivity contribution < 1.29 is 17.9 Å². The molecule has 168 valence electrons. The van der Waals surface area contributed by atoms with Gasteiger partial charge in [0, 0.05) is 23.2 Å². The summed E-state index contributed by atoms with van der Waals surface area (Å²) in [5.74, 6) is 0.142. The number of hydrogen-bond acceptors (Lipinski definition) is 4. The van der Waals surface area contributed by atoms with Crippen molar-refractivity contribution in [3.8, 4) is 5.75 Å². The summed E-state index contributed by atoms with van der Waals surface area (Å²) in [6.07, 6.45) is 1.31. The van der Waals surface area contributed by atoms with Gasteiger partial charge in [-0.05, 0) is 87.6 Å². The lowest BCUT2D eigenvalue weighted by Crippen LogP contribution is -2.43. The van der Waals surface area contributed by atoms with Gasteiger partial charge in [-0.1, -0.05) is 15.9 Å². The molecule has 6 nitrogen and oxygen atoms in total. The van der Waals surface area contributed by atoms with Crippen LogP contribution in [0.5, 0.6) is 5.75 Å². The number of anilines is 1. The second-order valence-electron chi connectivity index (χ2n) is 7.97. The van der Waals surface area contributed by atoms with Crippen LogP contribution >= 0.6 is 15.9 Å². The second kappa shape index (κ2) is 9.71. The Labute approximate surface area is 193 Å². The Morgan fingerprint density at radius 3 is 2.45 bits per heavy atom. The van der Waals surface area contributed by atoms with E-state index in [9.17, 15) is 13.2 Å². The van der Waals surface area contributed by atoms with Crippen LogP contribution in [0.1, 0.15) is 36.5 Å². The molecular weight excluding hydrogens is 480 g/mol. The average molecular weight is 509 g/mol. The molecule has 1 saturated heterocycles. The molecule has 0 aromatic heterocycles. The number of halogens is 1. The number of nitrogens with zero attached hydrogens (tertiary/aromatic N) is 1. The van der Waals surface area contributed by atoms with Crippen LogP contribution in [0.15, 0.2) is 39.7 Å². The molecule has 1 aliphatic rings. The normalized spacial score (nSPS) is 17.4. The zero-order valence-electron chi connectivity index (χ0n) is 18.4. The van der Waals surface area contributed by atoms with Gasteiger partial charge in [0.1, 0.15) is 5.75 Å². The molecule has 8 heteroatoms. The van der Waals surface area contributed by atoms with Gasteiger partial charge in [-0.15, -0.1) is 0 Å². The third-order valence-electron chi connectivity index (χ3n) is 5.58. The first-order valence-electron chi connectivity index (χ1n) is 10.4. The van der Waals surface area contributed by atoms with E-state index in [1.54, 1.807) is 18.2 Å². The Morgan fingerprint density at radius 1 is 1.16 bits per heavy atom. The van der Waals surface area contributed by atoms with Gasteiger partial charge in [0.25, 0.3) is 0 Å². The van der Waals surface area contributed by atoms with Gasteiger partial charge in [0.05, 0.1) is 17.4 Å². The Hall–Kier alpha value is -1.90. The quantitative estimate of drug-likeness (QED) is 0.607. The number of carbonyl (C=O) groups excluding carboxylic acids is 1. The molecule has 1 unspecified atom stereocenters. The van der Waals surface area contributed by atoms with Gasteiger partial charge in [-0.2, -0.15) is 4.31 Å². The smallest absolute Gasteiger partial charge is 0.243 e. The minimum Gasteiger partial charge on any atom is -0.494 e. The molecule has 3 rings (SSSR count). The number of amides is 1. The molecule has 0 radical (unpaired) electrons. The monoisotopic (exact) mass is 508 g/mol. The van der Waals surface area contributed by atoms with E-state index in [4.69, 9.17) is 4.74 Å². The lowest BCUT2D eigenvalue weighted by Gasteiger charge is -2.31. The molecule has 1 atom stereocenters. The highest BCUT2D eigenvalue weighted by Gasteiger charge is 2.33. The maximum Gasteiger partial charge on any atom is 0.243 e. The van der Waals surface area contributed by atoms with Gasteiger partial charge >= 0.3 is 0 Å². The van der Waals surface area contributed by atoms with Crippen LogP contribution in [-0.2, 0) is 14.8 Å². The Bertz CT molecular complexity index is 1060. The summed E-state index contributed by atoms with van der Waals surface area (Å²) in [5.41, 5.74) is 3.49. The van der Waals surface area contributed by atoms with Crippen molar-refractivity contribution in [1.29, 1.82) is 0 Å². The van der Waals surface area contributed by atoms with Crippen molar-refractivity contribution in [3.05, 3.63) is 51.5 Å². The number of nitrogens with one attached hydrogen (secondary N) is 1. The van der Waals surface area contributed by atoms with Gasteiger partial charge in [-0.25, -0.2) is 8.42 Å². The first-order chi connectivity index (χ1) is 14.6. The summed E-state index contributed by atoms with van der Waals surface area (Å²) in [4.78, 5) is 13.2. The molecule has 0 bridgehead atoms. The molecule has 1 aliphatic heterocycles. The fourth-order valence-electron chi connectivity index (χ4n) is 3.96. The van der Waals surface area contributed by atoms with E-state index >= 15 is 0 Å². The first kappa shape index (κ1) is 23.8. The summed E-state index contributed by atoms with van der Waals surface area (Å²) in [6.45, 7) is 8.72. The third kappa shape index (κ3) is 5.30. The van der Waals surface area contributed by atoms with Crippen LogP contribution in [0.4, 0.5) is 5.69 Å². The molecular formula is C23H29BrN2O4S. The first-order valence-corrected chi connectivity index (χ1v) is 12.7. The van der Waals surface area contributed by atoms with Gasteiger partial charge in [0.15, 0.2) is 0 Å². The molecule has 2 aromatic carbocycles. The van der Waals surface area contributed by atoms with Crippen LogP contribution in [0.2, 0.25) is 0 Å². The Kier molecular flexibility index (Phi) is 7.44. The van der Waals surface area contributed by atoms with Crippen LogP contribution in [0, 0.1) is 26.7 Å². The van der Waals surface area contributed by atoms with Crippen LogP contribution in [-0.4, -0.2) is 38.3 Å². The minimum atomic E-state index is -3.69. The fraction of sp³-hybridized carbons (Fsp3) is 0.435. The van der Waals surface area contributed by atoms with Gasteiger partial charge < -0.3 is 10.1 Å². The number of carbonyl (C=O) groups is 1. The van der Waals surface area contributed by atoms with E-state index in [0.29, 0.717) is 31.7 Å². The maximum absolute atomic E-state index is 13.2. The third-order valence-corrected chi connectivity index (χ3v) is 7.90. The van der Waals surface area contributed by atoms with Crippen molar-refractivity contribution in [1.82, 2.24) is 4.31 Å². The predicted octanol–water partition coefficient (Wildman–Crippen LogP) is 4.81. The SMILES string of the molecule is CCOc1ccc(S(=O)(=O)N2CCCC(C(=O)Nc3c(C)cc(Br)cc3C)C2)cc1C. The predicted molar refractivity (Wildman–Crippen MR) is 126 cm³/mol. The van der Waals surface area contributed by atoms with Crippen molar-refractivity contribution in [3.63, 3.8) is 0 Å². The molecule has 0 saturated carbocycles. The van der Waals surface area contributed by atoms with E-state index in [0.717, 1.165) is 26.9 Å². The summed E-state index contributed by atoms with van der Waals surface area (Å²) in [7, 11) is -3.69. The van der Waals surface area contributed by atoms with Gasteiger partial charge in [0.2, 0.25) is 15.9 Å². The lowest BCUT2D eigenvalue weighted by molar-refractivity contribution is -0.120. The number of ether oxygens (including phenoxy) is 1. The van der Waals surface area contributed by atoms with E-state index in [-0.39, 0.29) is 17.3 Å². The van der Waals surface area contributed by atoms with E-state index in [1.807, 2.05) is 39.8 Å². The fourth-order valence-corrected chi connectivity index (χ4v) is 6.25. The highest BCUT2D eigenvalue weighted by atomic mass is 79.9. The number of rotatable bonds is 6. The van der Waals surface area contributed by atoms with E-state index in [1.165, 1.54) is 4.31 Å². The highest BCUT2D eigenvalue weighted by Crippen LogP contribution is 2.29. The molecule has 1 amide bonds. The molecule has 0 aliphatic carbocycles. The van der Waals surface area contributed by atoms with Gasteiger partial charge in [-0.3, -0.25) is 4.79 Å². The number of benzene rings is 2. The lowest BCUT2D eigenvalue weighted by atomic mass is 9.98. The zero-order chi connectivity index (χ0) is 22.8. The molecule has 1 fully saturated rings. The zero-order valence-corrected chi connectivity index (χ0v) is 20.8. The number of piperidine rings is 1. The van der Waals surface area contributed by atoms with Crippen LogP contribution < -0.4 is 10.1 Å². The second-order valence-corrected chi connectivity index (χ2v) is 10.8. The minimum absolute atomic E-state index is 0.142. The van der Waals surface area contributed by atoms with Crippen LogP contribution in [0.3, 0.4) is 0 Å². The van der Waals surface area contributed by atoms with Crippen molar-refractivity contribution in [2.45, 2.75) is 45.4 Å². The molecule has 1 heterocycles. The van der Waals surface area contributed by atoms with E-state index < -0.39 is 15.9 Å². The van der Waals surface area contributed by atoms with Crippen molar-refractivity contribution in [2.75, 3.05) is 25.0 Å². The average Bonchev–Trinajstić information content (AvgIpc) is 2.72. The number of aryl methyl sites for hydroxylation is 3. The summed E-state index contributed by atoms with van der Waals surface area (Å²) in [6, 6.07) is 8.81. The standard InChI is InChI=1S/C23H29BrN2O4S/c1-5-30-21-9-8-20(13-15(21)2)31(28,29)26-10-6-7-18(14-26)23(27)25-22-16(3)11-19(24)12-17(22)4/h8-9,11-13,18H,5-7,10,14H2,1-4H3,(H,25,27). The topological polar surface area (TPSA) is 75.7 Å². The number of hydrogen-bond donors (Lipinski definition) is 1.